The Morgan fingerprint density at radius 3 is 2.96 bits per heavy atom. The molecule has 4 heteroatoms. The average molecular weight is 336 g/mol. The Labute approximate surface area is 150 Å². The molecule has 1 aromatic heterocycles. The van der Waals surface area contributed by atoms with E-state index in [2.05, 4.69) is 65.3 Å². The van der Waals surface area contributed by atoms with Gasteiger partial charge < -0.3 is 20.1 Å². The molecule has 1 fully saturated rings. The molecule has 2 N–H and O–H groups in total. The van der Waals surface area contributed by atoms with Crippen molar-refractivity contribution >= 4 is 10.9 Å². The van der Waals surface area contributed by atoms with E-state index in [9.17, 15) is 0 Å². The van der Waals surface area contributed by atoms with Gasteiger partial charge in [0.05, 0.1) is 12.6 Å². The largest absolute Gasteiger partial charge is 0.357 e. The van der Waals surface area contributed by atoms with Crippen molar-refractivity contribution in [3.63, 3.8) is 0 Å². The normalized spacial score (nSPS) is 19.7. The van der Waals surface area contributed by atoms with Gasteiger partial charge in [0.25, 0.3) is 0 Å². The lowest BCUT2D eigenvalue weighted by atomic mass is 9.96. The third-order valence-electron chi connectivity index (χ3n) is 5.61. The first-order valence-corrected chi connectivity index (χ1v) is 9.32. The van der Waals surface area contributed by atoms with Crippen LogP contribution in [0.15, 0.2) is 42.9 Å². The Kier molecular flexibility index (Phi) is 4.08. The Balaban J connectivity index is 1.58. The summed E-state index contributed by atoms with van der Waals surface area (Å²) in [7, 11) is 0. The number of hydrogen-bond donors (Lipinski definition) is 2. The number of H-pyrrole nitrogens is 1. The van der Waals surface area contributed by atoms with Gasteiger partial charge in [0.1, 0.15) is 5.82 Å². The molecular formula is C21H28N4. The van der Waals surface area contributed by atoms with E-state index in [-0.39, 0.29) is 0 Å². The predicted octanol–water partition coefficient (Wildman–Crippen LogP) is 3.50. The average Bonchev–Trinajstić information content (AvgIpc) is 3.06. The molecule has 0 bridgehead atoms. The van der Waals surface area contributed by atoms with Crippen LogP contribution in [0, 0.1) is 6.92 Å². The highest BCUT2D eigenvalue weighted by Gasteiger charge is 2.40. The predicted molar refractivity (Wildman–Crippen MR) is 104 cm³/mol. The Hall–Kier alpha value is -2.20. The van der Waals surface area contributed by atoms with E-state index < -0.39 is 0 Å². The summed E-state index contributed by atoms with van der Waals surface area (Å²) in [6.45, 7) is 17.1. The first-order chi connectivity index (χ1) is 12.1. The number of nitrogens with zero attached hydrogens (tertiary/aromatic N) is 2. The molecule has 2 aromatic rings. The van der Waals surface area contributed by atoms with Gasteiger partial charge in [0.15, 0.2) is 0 Å². The summed E-state index contributed by atoms with van der Waals surface area (Å²) in [5.74, 6) is 1.10. The molecule has 0 saturated carbocycles. The maximum atomic E-state index is 4.42. The zero-order valence-electron chi connectivity index (χ0n) is 15.4. The molecule has 25 heavy (non-hydrogen) atoms. The molecule has 0 radical (unpaired) electrons. The number of hydrogen-bond acceptors (Lipinski definition) is 3. The van der Waals surface area contributed by atoms with Crippen LogP contribution in [0.4, 0.5) is 0 Å². The van der Waals surface area contributed by atoms with Crippen molar-refractivity contribution in [3.05, 3.63) is 59.7 Å². The number of aromatic nitrogens is 1. The molecule has 0 unspecified atom stereocenters. The number of rotatable bonds is 5. The van der Waals surface area contributed by atoms with Gasteiger partial charge in [-0.05, 0) is 44.1 Å². The first kappa shape index (κ1) is 16.3. The summed E-state index contributed by atoms with van der Waals surface area (Å²) < 4.78 is 0. The second kappa shape index (κ2) is 6.26. The standard InChI is InChI=1S/C21H28N4/c1-5-22-9-6-10-24-15(3)21-12-18-17-11-14(2)7-8-19(17)23-20(18)13-25(21)16(24)4/h7-8,11,21-23H,3-6,9-10,12-13H2,1-2H3/t21-/m0/s1. The molecule has 1 atom stereocenters. The fraction of sp³-hybridized carbons (Fsp3) is 0.429. The van der Waals surface area contributed by atoms with Crippen LogP contribution in [0.3, 0.4) is 0 Å². The van der Waals surface area contributed by atoms with Crippen molar-refractivity contribution < 1.29 is 0 Å². The molecule has 1 aromatic carbocycles. The van der Waals surface area contributed by atoms with Crippen molar-refractivity contribution in [2.75, 3.05) is 19.6 Å². The third-order valence-corrected chi connectivity index (χ3v) is 5.61. The van der Waals surface area contributed by atoms with Gasteiger partial charge in [-0.15, -0.1) is 0 Å². The van der Waals surface area contributed by atoms with Crippen molar-refractivity contribution in [3.8, 4) is 0 Å². The molecule has 4 nitrogen and oxygen atoms in total. The van der Waals surface area contributed by atoms with Crippen LogP contribution >= 0.6 is 0 Å². The number of fused-ring (bicyclic) bond motifs is 4. The highest BCUT2D eigenvalue weighted by atomic mass is 15.4. The van der Waals surface area contributed by atoms with Gasteiger partial charge in [0.2, 0.25) is 0 Å². The van der Waals surface area contributed by atoms with Crippen molar-refractivity contribution in [1.82, 2.24) is 20.1 Å². The molecule has 132 valence electrons. The minimum absolute atomic E-state index is 0.346. The Morgan fingerprint density at radius 2 is 2.16 bits per heavy atom. The molecule has 1 saturated heterocycles. The van der Waals surface area contributed by atoms with E-state index >= 15 is 0 Å². The smallest absolute Gasteiger partial charge is 0.102 e. The van der Waals surface area contributed by atoms with E-state index in [1.165, 1.54) is 33.4 Å². The number of nitrogens with one attached hydrogen (secondary N) is 2. The summed E-state index contributed by atoms with van der Waals surface area (Å²) in [5, 5.41) is 4.77. The summed E-state index contributed by atoms with van der Waals surface area (Å²) in [6, 6.07) is 7.03. The fourth-order valence-corrected chi connectivity index (χ4v) is 4.25. The molecule has 3 heterocycles. The third kappa shape index (κ3) is 2.65. The molecule has 0 aliphatic carbocycles. The number of aryl methyl sites for hydroxylation is 1. The molecule has 4 rings (SSSR count). The summed E-state index contributed by atoms with van der Waals surface area (Å²) in [5.41, 5.74) is 6.56. The molecule has 2 aliphatic heterocycles. The lowest BCUT2D eigenvalue weighted by Gasteiger charge is -2.30. The molecule has 2 aliphatic rings. The van der Waals surface area contributed by atoms with Crippen molar-refractivity contribution in [2.24, 2.45) is 0 Å². The van der Waals surface area contributed by atoms with E-state index in [1.807, 2.05) is 0 Å². The monoisotopic (exact) mass is 336 g/mol. The summed E-state index contributed by atoms with van der Waals surface area (Å²) in [6.07, 6.45) is 2.13. The van der Waals surface area contributed by atoms with Gasteiger partial charge >= 0.3 is 0 Å². The van der Waals surface area contributed by atoms with E-state index in [0.29, 0.717) is 6.04 Å². The topological polar surface area (TPSA) is 34.3 Å². The lowest BCUT2D eigenvalue weighted by molar-refractivity contribution is 0.270. The maximum Gasteiger partial charge on any atom is 0.102 e. The Bertz CT molecular complexity index is 832. The molecule has 0 amide bonds. The summed E-state index contributed by atoms with van der Waals surface area (Å²) in [4.78, 5) is 8.36. The summed E-state index contributed by atoms with van der Waals surface area (Å²) >= 11 is 0. The minimum Gasteiger partial charge on any atom is -0.357 e. The molecule has 0 spiro atoms. The van der Waals surface area contributed by atoms with Crippen LogP contribution in [-0.4, -0.2) is 40.5 Å². The van der Waals surface area contributed by atoms with Gasteiger partial charge in [-0.2, -0.15) is 0 Å². The number of aromatic amines is 1. The van der Waals surface area contributed by atoms with Crippen LogP contribution in [-0.2, 0) is 13.0 Å². The number of benzene rings is 1. The van der Waals surface area contributed by atoms with Gasteiger partial charge in [0, 0.05) is 35.3 Å². The Morgan fingerprint density at radius 1 is 1.32 bits per heavy atom. The van der Waals surface area contributed by atoms with Gasteiger partial charge in [-0.25, -0.2) is 0 Å². The SMILES string of the molecule is C=C1[C@@H]2Cc3c([nH]c4ccc(C)cc34)CN2C(=C)N1CCCNCC. The van der Waals surface area contributed by atoms with Gasteiger partial charge in [-0.3, -0.25) is 0 Å². The maximum absolute atomic E-state index is 4.42. The van der Waals surface area contributed by atoms with E-state index in [1.54, 1.807) is 0 Å². The van der Waals surface area contributed by atoms with E-state index in [0.717, 1.165) is 44.8 Å². The second-order valence-electron chi connectivity index (χ2n) is 7.25. The quantitative estimate of drug-likeness (QED) is 0.820. The zero-order chi connectivity index (χ0) is 17.6. The highest BCUT2D eigenvalue weighted by Crippen LogP contribution is 2.40. The fourth-order valence-electron chi connectivity index (χ4n) is 4.25. The first-order valence-electron chi connectivity index (χ1n) is 9.32. The van der Waals surface area contributed by atoms with Crippen molar-refractivity contribution in [2.45, 2.75) is 39.3 Å². The minimum atomic E-state index is 0.346. The van der Waals surface area contributed by atoms with Crippen LogP contribution in [0.1, 0.15) is 30.2 Å². The van der Waals surface area contributed by atoms with Crippen LogP contribution in [0.25, 0.3) is 10.9 Å². The van der Waals surface area contributed by atoms with Crippen LogP contribution in [0.5, 0.6) is 0 Å². The van der Waals surface area contributed by atoms with Crippen molar-refractivity contribution in [1.29, 1.82) is 0 Å². The van der Waals surface area contributed by atoms with E-state index in [4.69, 9.17) is 0 Å². The van der Waals surface area contributed by atoms with Crippen LogP contribution < -0.4 is 5.32 Å². The van der Waals surface area contributed by atoms with Gasteiger partial charge in [-0.1, -0.05) is 31.7 Å². The molecular weight excluding hydrogens is 308 g/mol. The highest BCUT2D eigenvalue weighted by molar-refractivity contribution is 5.85. The zero-order valence-corrected chi connectivity index (χ0v) is 15.4. The second-order valence-corrected chi connectivity index (χ2v) is 7.25. The van der Waals surface area contributed by atoms with Crippen LogP contribution in [0.2, 0.25) is 0 Å². The lowest BCUT2D eigenvalue weighted by Crippen LogP contribution is -2.34.